The minimum absolute atomic E-state index is 0.672. The third kappa shape index (κ3) is 6.71. The molecule has 0 radical (unpaired) electrons. The van der Waals surface area contributed by atoms with E-state index in [1.807, 2.05) is 24.5 Å². The highest BCUT2D eigenvalue weighted by Gasteiger charge is 2.21. The van der Waals surface area contributed by atoms with Gasteiger partial charge >= 0.3 is 0 Å². The summed E-state index contributed by atoms with van der Waals surface area (Å²) in [6.45, 7) is 0. The average Bonchev–Trinajstić information content (AvgIpc) is 3.50. The number of rotatable bonds is 6. The minimum atomic E-state index is 0.672. The summed E-state index contributed by atoms with van der Waals surface area (Å²) in [4.78, 5) is 15.2. The Morgan fingerprint density at radius 1 is 0.216 bits per heavy atom. The first-order valence-corrected chi connectivity index (χ1v) is 25.3. The normalized spacial score (nSPS) is 11.8. The zero-order valence-corrected chi connectivity index (χ0v) is 40.2. The van der Waals surface area contributed by atoms with Crippen LogP contribution in [0.15, 0.2) is 261 Å². The number of hydrogen-bond donors (Lipinski definition) is 0. The van der Waals surface area contributed by atoms with Crippen LogP contribution < -0.4 is 0 Å². The highest BCUT2D eigenvalue weighted by atomic mass is 14.9. The van der Waals surface area contributed by atoms with Crippen LogP contribution in [0.2, 0.25) is 0 Å². The first-order chi connectivity index (χ1) is 36.7. The molecule has 0 unspecified atom stereocenters. The van der Waals surface area contributed by atoms with Crippen molar-refractivity contribution >= 4 is 86.2 Å². The largest absolute Gasteiger partial charge is 0.264 e. The molecule has 15 aromatic rings. The molecule has 0 aliphatic carbocycles. The number of benzene rings is 13. The van der Waals surface area contributed by atoms with Gasteiger partial charge in [0.1, 0.15) is 0 Å². The quantitative estimate of drug-likeness (QED) is 0.156. The number of fused-ring (bicyclic) bond motifs is 16. The van der Waals surface area contributed by atoms with E-state index in [1.165, 1.54) is 97.3 Å². The minimum Gasteiger partial charge on any atom is -0.264 e. The van der Waals surface area contributed by atoms with Crippen LogP contribution >= 0.6 is 0 Å². The molecule has 74 heavy (non-hydrogen) atoms. The van der Waals surface area contributed by atoms with Crippen molar-refractivity contribution in [1.82, 2.24) is 15.0 Å². The van der Waals surface area contributed by atoms with Crippen molar-refractivity contribution in [1.29, 1.82) is 0 Å². The summed E-state index contributed by atoms with van der Waals surface area (Å²) in [5.74, 6) is 0.672. The molecule has 0 saturated heterocycles. The van der Waals surface area contributed by atoms with Crippen LogP contribution in [0.4, 0.5) is 0 Å². The Balaban J connectivity index is 1.05. The molecule has 0 saturated carbocycles. The lowest BCUT2D eigenvalue weighted by atomic mass is 9.85. The molecule has 0 atom stereocenters. The lowest BCUT2D eigenvalue weighted by Crippen LogP contribution is -1.97. The van der Waals surface area contributed by atoms with Crippen molar-refractivity contribution in [3.63, 3.8) is 0 Å². The van der Waals surface area contributed by atoms with Crippen molar-refractivity contribution in [2.75, 3.05) is 0 Å². The second-order valence-corrected chi connectivity index (χ2v) is 19.4. The van der Waals surface area contributed by atoms with Gasteiger partial charge in [-0.15, -0.1) is 0 Å². The fourth-order valence-electron chi connectivity index (χ4n) is 11.9. The molecule has 0 N–H and O–H groups in total. The van der Waals surface area contributed by atoms with E-state index < -0.39 is 0 Å². The lowest BCUT2D eigenvalue weighted by Gasteiger charge is -2.19. The summed E-state index contributed by atoms with van der Waals surface area (Å²) in [5.41, 5.74) is 11.4. The van der Waals surface area contributed by atoms with Crippen molar-refractivity contribution < 1.29 is 0 Å². The lowest BCUT2D eigenvalue weighted by molar-refractivity contribution is 1.18. The maximum absolute atomic E-state index is 5.49. The molecule has 3 heteroatoms. The molecule has 0 bridgehead atoms. The van der Waals surface area contributed by atoms with Gasteiger partial charge < -0.3 is 0 Å². The summed E-state index contributed by atoms with van der Waals surface area (Å²) in [7, 11) is 0. The Hall–Kier alpha value is -9.83. The summed E-state index contributed by atoms with van der Waals surface area (Å²) in [5, 5.41) is 19.9. The molecule has 2 aromatic heterocycles. The molecule has 0 amide bonds. The second kappa shape index (κ2) is 16.9. The predicted molar refractivity (Wildman–Crippen MR) is 312 cm³/mol. The van der Waals surface area contributed by atoms with Crippen LogP contribution in [-0.2, 0) is 0 Å². The molecule has 13 aromatic carbocycles. The van der Waals surface area contributed by atoms with E-state index in [0.717, 1.165) is 50.3 Å². The van der Waals surface area contributed by atoms with Crippen LogP contribution in [0.5, 0.6) is 0 Å². The topological polar surface area (TPSA) is 38.7 Å². The molecule has 15 rings (SSSR count). The van der Waals surface area contributed by atoms with Crippen LogP contribution in [0.25, 0.3) is 153 Å². The van der Waals surface area contributed by atoms with Gasteiger partial charge in [-0.05, 0) is 162 Å². The highest BCUT2D eigenvalue weighted by molar-refractivity contribution is 6.34. The summed E-state index contributed by atoms with van der Waals surface area (Å²) in [6, 6.07) is 90.8. The van der Waals surface area contributed by atoms with E-state index in [0.29, 0.717) is 5.82 Å². The molecule has 3 nitrogen and oxygen atoms in total. The summed E-state index contributed by atoms with van der Waals surface area (Å²) >= 11 is 0. The van der Waals surface area contributed by atoms with Crippen molar-refractivity contribution in [2.24, 2.45) is 0 Å². The van der Waals surface area contributed by atoms with E-state index >= 15 is 0 Å². The summed E-state index contributed by atoms with van der Waals surface area (Å²) in [6.07, 6.45) is 3.72. The number of hydrogen-bond acceptors (Lipinski definition) is 3. The monoisotopic (exact) mass is 937 g/mol. The zero-order valence-electron chi connectivity index (χ0n) is 40.2. The van der Waals surface area contributed by atoms with Gasteiger partial charge in [-0.3, -0.25) is 4.98 Å². The molecule has 342 valence electrons. The van der Waals surface area contributed by atoms with Crippen molar-refractivity contribution in [3.8, 4) is 67.3 Å². The maximum atomic E-state index is 5.49. The maximum Gasteiger partial charge on any atom is 0.160 e. The Bertz CT molecular complexity index is 4540. The van der Waals surface area contributed by atoms with E-state index in [1.54, 1.807) is 0 Å². The predicted octanol–water partition coefficient (Wildman–Crippen LogP) is 19.1. The van der Waals surface area contributed by atoms with Gasteiger partial charge in [-0.25, -0.2) is 9.97 Å². The number of aromatic nitrogens is 3. The van der Waals surface area contributed by atoms with Gasteiger partial charge in [0.05, 0.1) is 11.4 Å². The van der Waals surface area contributed by atoms with Gasteiger partial charge in [-0.2, -0.15) is 0 Å². The third-order valence-electron chi connectivity index (χ3n) is 15.3. The van der Waals surface area contributed by atoms with Gasteiger partial charge in [0.15, 0.2) is 5.82 Å². The number of nitrogens with zero attached hydrogens (tertiary/aromatic N) is 3. The van der Waals surface area contributed by atoms with Gasteiger partial charge in [0, 0.05) is 29.1 Å². The second-order valence-electron chi connectivity index (χ2n) is 19.4. The molecule has 0 spiro atoms. The first-order valence-electron chi connectivity index (χ1n) is 25.3. The van der Waals surface area contributed by atoms with Crippen LogP contribution in [0.3, 0.4) is 0 Å². The fourth-order valence-corrected chi connectivity index (χ4v) is 11.9. The standard InChI is InChI=1S/C71H43N3/c1-2-17-46(18-3-1)71-73-67(45-34-32-44(33-35-45)47-19-16-36-72-43-47)42-68(74-71)50-38-48(63-40-65-55-24-6-4-20-51(55)53-22-8-12-28-59(53)69(65)61-30-14-10-26-57(61)63)37-49(39-50)64-41-66-56-25-7-5-21-52(56)54-23-9-13-29-60(54)70(66)62-31-15-11-27-58(62)64/h1-43H. The van der Waals surface area contributed by atoms with Gasteiger partial charge in [-0.1, -0.05) is 206 Å². The SMILES string of the molecule is c1ccc(-c2nc(-c3ccc(-c4cccnc4)cc3)cc(-c3cc(-c4cc5c6ccccc6c6ccccc6c5c5ccccc45)cc(-c4cc5c6ccccc6c6ccccc6c5c5ccccc45)c3)n2)cc1. The van der Waals surface area contributed by atoms with E-state index in [-0.39, 0.29) is 0 Å². The number of pyridine rings is 1. The Kier molecular flexibility index (Phi) is 9.57. The fraction of sp³-hybridized carbons (Fsp3) is 0. The van der Waals surface area contributed by atoms with E-state index in [9.17, 15) is 0 Å². The Morgan fingerprint density at radius 2 is 0.581 bits per heavy atom. The molecule has 0 aliphatic rings. The smallest absolute Gasteiger partial charge is 0.160 e. The average molecular weight is 938 g/mol. The third-order valence-corrected chi connectivity index (χ3v) is 15.3. The van der Waals surface area contributed by atoms with Crippen molar-refractivity contribution in [3.05, 3.63) is 261 Å². The first kappa shape index (κ1) is 41.9. The Morgan fingerprint density at radius 3 is 1.05 bits per heavy atom. The van der Waals surface area contributed by atoms with Gasteiger partial charge in [0.25, 0.3) is 0 Å². The van der Waals surface area contributed by atoms with Crippen LogP contribution in [0, 0.1) is 0 Å². The zero-order chi connectivity index (χ0) is 48.7. The van der Waals surface area contributed by atoms with Crippen LogP contribution in [-0.4, -0.2) is 15.0 Å². The van der Waals surface area contributed by atoms with Crippen LogP contribution in [0.1, 0.15) is 0 Å². The molecule has 2 heterocycles. The van der Waals surface area contributed by atoms with Crippen molar-refractivity contribution in [2.45, 2.75) is 0 Å². The molecular formula is C71H43N3. The molecule has 0 aliphatic heterocycles. The molecular weight excluding hydrogens is 895 g/mol. The molecule has 0 fully saturated rings. The highest BCUT2D eigenvalue weighted by Crippen LogP contribution is 2.47. The summed E-state index contributed by atoms with van der Waals surface area (Å²) < 4.78 is 0. The van der Waals surface area contributed by atoms with Gasteiger partial charge in [0.2, 0.25) is 0 Å². The van der Waals surface area contributed by atoms with E-state index in [4.69, 9.17) is 9.97 Å². The Labute approximate surface area is 427 Å². The van der Waals surface area contributed by atoms with E-state index in [2.05, 4.69) is 242 Å².